The van der Waals surface area contributed by atoms with Gasteiger partial charge in [-0.2, -0.15) is 0 Å². The van der Waals surface area contributed by atoms with Gasteiger partial charge in [0.2, 0.25) is 0 Å². The second-order valence-electron chi connectivity index (χ2n) is 5.93. The van der Waals surface area contributed by atoms with Crippen LogP contribution in [-0.2, 0) is 0 Å². The topological polar surface area (TPSA) is 28.1 Å². The number of aliphatic imine (C=N–C) groups is 1. The van der Waals surface area contributed by atoms with Gasteiger partial charge >= 0.3 is 0 Å². The molecule has 0 aliphatic heterocycles. The number of benzene rings is 1. The molecule has 1 fully saturated rings. The fraction of sp³-hybridized carbons (Fsp3) is 0.562. The fourth-order valence-corrected chi connectivity index (χ4v) is 2.70. The highest BCUT2D eigenvalue weighted by atomic mass is 19.1. The molecule has 21 heavy (non-hydrogen) atoms. The molecule has 4 nitrogen and oxygen atoms in total. The largest absolute Gasteiger partial charge is 0.494 e. The van der Waals surface area contributed by atoms with E-state index >= 15 is 0 Å². The highest BCUT2D eigenvalue weighted by Gasteiger charge is 2.31. The van der Waals surface area contributed by atoms with Gasteiger partial charge in [0.15, 0.2) is 17.5 Å². The molecule has 0 heterocycles. The number of hydrogen-bond donors (Lipinski definition) is 0. The van der Waals surface area contributed by atoms with E-state index in [0.717, 1.165) is 24.4 Å². The molecule has 0 N–H and O–H groups in total. The summed E-state index contributed by atoms with van der Waals surface area (Å²) >= 11 is 0. The monoisotopic (exact) mass is 293 g/mol. The maximum absolute atomic E-state index is 13.7. The van der Waals surface area contributed by atoms with Gasteiger partial charge < -0.3 is 14.5 Å². The van der Waals surface area contributed by atoms with Gasteiger partial charge in [-0.05, 0) is 36.5 Å². The van der Waals surface area contributed by atoms with Gasteiger partial charge in [-0.3, -0.25) is 0 Å². The first-order chi connectivity index (χ1) is 9.92. The lowest BCUT2D eigenvalue weighted by Gasteiger charge is -2.35. The second-order valence-corrected chi connectivity index (χ2v) is 5.93. The third-order valence-electron chi connectivity index (χ3n) is 3.86. The van der Waals surface area contributed by atoms with Crippen LogP contribution in [0.5, 0.6) is 5.75 Å². The van der Waals surface area contributed by atoms with Crippen LogP contribution in [0.1, 0.15) is 24.3 Å². The third-order valence-corrected chi connectivity index (χ3v) is 3.86. The molecule has 0 saturated heterocycles. The quantitative estimate of drug-likeness (QED) is 0.633. The molecule has 5 heteroatoms. The van der Waals surface area contributed by atoms with Crippen LogP contribution in [0.15, 0.2) is 23.2 Å². The Morgan fingerprint density at radius 3 is 2.29 bits per heavy atom. The van der Waals surface area contributed by atoms with Crippen molar-refractivity contribution in [3.05, 3.63) is 29.6 Å². The number of guanidine groups is 1. The van der Waals surface area contributed by atoms with Crippen LogP contribution in [0.4, 0.5) is 4.39 Å². The van der Waals surface area contributed by atoms with Crippen LogP contribution in [0.2, 0.25) is 0 Å². The zero-order valence-corrected chi connectivity index (χ0v) is 13.4. The van der Waals surface area contributed by atoms with Gasteiger partial charge in [-0.1, -0.05) is 6.07 Å². The van der Waals surface area contributed by atoms with Crippen molar-refractivity contribution in [1.29, 1.82) is 0 Å². The summed E-state index contributed by atoms with van der Waals surface area (Å²) in [6.45, 7) is 0. The number of hydrogen-bond acceptors (Lipinski definition) is 2. The molecular weight excluding hydrogens is 269 g/mol. The zero-order chi connectivity index (χ0) is 15.6. The van der Waals surface area contributed by atoms with Crippen molar-refractivity contribution < 1.29 is 9.13 Å². The van der Waals surface area contributed by atoms with Crippen molar-refractivity contribution >= 4 is 5.96 Å². The summed E-state index contributed by atoms with van der Waals surface area (Å²) in [7, 11) is 9.46. The summed E-state index contributed by atoms with van der Waals surface area (Å²) in [4.78, 5) is 8.79. The Labute approximate surface area is 126 Å². The molecule has 1 aromatic carbocycles. The molecule has 2 rings (SSSR count). The Morgan fingerprint density at radius 2 is 1.81 bits per heavy atom. The molecule has 0 amide bonds. The van der Waals surface area contributed by atoms with E-state index in [1.54, 1.807) is 12.1 Å². The predicted molar refractivity (Wildman–Crippen MR) is 83.5 cm³/mol. The summed E-state index contributed by atoms with van der Waals surface area (Å²) in [5, 5.41) is 0. The zero-order valence-electron chi connectivity index (χ0n) is 13.4. The van der Waals surface area contributed by atoms with Gasteiger partial charge in [-0.25, -0.2) is 9.38 Å². The smallest absolute Gasteiger partial charge is 0.195 e. The van der Waals surface area contributed by atoms with Gasteiger partial charge in [0.25, 0.3) is 0 Å². The Morgan fingerprint density at radius 1 is 1.19 bits per heavy atom. The highest BCUT2D eigenvalue weighted by molar-refractivity contribution is 5.79. The van der Waals surface area contributed by atoms with Crippen molar-refractivity contribution in [2.24, 2.45) is 4.99 Å². The minimum absolute atomic E-state index is 0.288. The average molecular weight is 293 g/mol. The van der Waals surface area contributed by atoms with Crippen LogP contribution in [0, 0.1) is 5.82 Å². The number of halogens is 1. The molecular formula is C16H24FN3O. The molecule has 1 aliphatic carbocycles. The van der Waals surface area contributed by atoms with Crippen LogP contribution >= 0.6 is 0 Å². The molecule has 0 radical (unpaired) electrons. The summed E-state index contributed by atoms with van der Waals surface area (Å²) in [6, 6.07) is 5.56. The van der Waals surface area contributed by atoms with Crippen molar-refractivity contribution in [1.82, 2.24) is 9.80 Å². The summed E-state index contributed by atoms with van der Waals surface area (Å²) in [5.41, 5.74) is 1.04. The lowest BCUT2D eigenvalue weighted by molar-refractivity contribution is 0.339. The van der Waals surface area contributed by atoms with E-state index in [2.05, 4.69) is 0 Å². The van der Waals surface area contributed by atoms with E-state index in [-0.39, 0.29) is 5.82 Å². The van der Waals surface area contributed by atoms with E-state index < -0.39 is 0 Å². The number of rotatable bonds is 3. The van der Waals surface area contributed by atoms with Gasteiger partial charge in [0, 0.05) is 28.2 Å². The lowest BCUT2D eigenvalue weighted by Crippen LogP contribution is -2.38. The molecule has 1 aromatic rings. The molecule has 0 atom stereocenters. The first kappa shape index (κ1) is 15.6. The van der Waals surface area contributed by atoms with Crippen molar-refractivity contribution in [2.45, 2.75) is 24.8 Å². The number of nitrogens with zero attached hydrogens (tertiary/aromatic N) is 3. The maximum atomic E-state index is 13.7. The van der Waals surface area contributed by atoms with Crippen molar-refractivity contribution in [2.75, 3.05) is 35.3 Å². The third kappa shape index (κ3) is 3.46. The van der Waals surface area contributed by atoms with E-state index in [9.17, 15) is 4.39 Å². The Bertz CT molecular complexity index is 512. The molecule has 1 aliphatic rings. The van der Waals surface area contributed by atoms with Crippen LogP contribution in [-0.4, -0.2) is 57.1 Å². The molecule has 1 saturated carbocycles. The highest BCUT2D eigenvalue weighted by Crippen LogP contribution is 2.40. The summed E-state index contributed by atoms with van der Waals surface area (Å²) in [6.07, 6.45) is 1.94. The Balaban J connectivity index is 2.00. The fourth-order valence-electron chi connectivity index (χ4n) is 2.70. The summed E-state index contributed by atoms with van der Waals surface area (Å²) in [5.74, 6) is 1.38. The van der Waals surface area contributed by atoms with Crippen LogP contribution in [0.3, 0.4) is 0 Å². The van der Waals surface area contributed by atoms with E-state index in [0.29, 0.717) is 17.7 Å². The maximum Gasteiger partial charge on any atom is 0.195 e. The molecule has 0 bridgehead atoms. The average Bonchev–Trinajstić information content (AvgIpc) is 2.36. The number of ether oxygens (including phenoxy) is 1. The van der Waals surface area contributed by atoms with Crippen molar-refractivity contribution in [3.8, 4) is 5.75 Å². The van der Waals surface area contributed by atoms with Crippen LogP contribution < -0.4 is 4.74 Å². The minimum Gasteiger partial charge on any atom is -0.494 e. The minimum atomic E-state index is -0.288. The SMILES string of the molecule is COc1ccc(C2CC(N=C(N(C)C)N(C)C)C2)cc1F. The van der Waals surface area contributed by atoms with Crippen LogP contribution in [0.25, 0.3) is 0 Å². The Kier molecular flexibility index (Phi) is 4.70. The van der Waals surface area contributed by atoms with Gasteiger partial charge in [-0.15, -0.1) is 0 Å². The van der Waals surface area contributed by atoms with Crippen molar-refractivity contribution in [3.63, 3.8) is 0 Å². The standard InChI is InChI=1S/C16H24FN3O/c1-19(2)16(20(3)4)18-13-8-12(9-13)11-6-7-15(21-5)14(17)10-11/h6-7,10,12-13H,8-9H2,1-5H3. The first-order valence-corrected chi connectivity index (χ1v) is 7.18. The van der Waals surface area contributed by atoms with Gasteiger partial charge in [0.05, 0.1) is 13.2 Å². The second kappa shape index (κ2) is 6.33. The van der Waals surface area contributed by atoms with E-state index in [1.807, 2.05) is 44.1 Å². The van der Waals surface area contributed by atoms with E-state index in [1.165, 1.54) is 7.11 Å². The number of methoxy groups -OCH3 is 1. The molecule has 0 spiro atoms. The summed E-state index contributed by atoms with van der Waals surface area (Å²) < 4.78 is 18.7. The molecule has 0 aromatic heterocycles. The molecule has 116 valence electrons. The molecule has 0 unspecified atom stereocenters. The first-order valence-electron chi connectivity index (χ1n) is 7.18. The lowest BCUT2D eigenvalue weighted by atomic mass is 9.76. The van der Waals surface area contributed by atoms with Gasteiger partial charge in [0.1, 0.15) is 0 Å². The normalized spacial score (nSPS) is 20.5. The Hall–Kier alpha value is -1.78. The predicted octanol–water partition coefficient (Wildman–Crippen LogP) is 2.56. The van der Waals surface area contributed by atoms with E-state index in [4.69, 9.17) is 9.73 Å².